The number of hydrogen-bond acceptors (Lipinski definition) is 6. The second-order valence-corrected chi connectivity index (χ2v) is 8.67. The fraction of sp³-hybridized carbons (Fsp3) is 0.583. The summed E-state index contributed by atoms with van der Waals surface area (Å²) in [5.41, 5.74) is 7.55. The van der Waals surface area contributed by atoms with E-state index in [9.17, 15) is 0 Å². The average Bonchev–Trinajstić information content (AvgIpc) is 3.22. The van der Waals surface area contributed by atoms with Gasteiger partial charge in [0.05, 0.1) is 5.56 Å². The van der Waals surface area contributed by atoms with Crippen LogP contribution in [0.2, 0.25) is 0 Å². The smallest absolute Gasteiger partial charge is 0.209 e. The molecule has 2 aromatic rings. The number of anilines is 1. The number of nitrogens with zero attached hydrogens (tertiary/aromatic N) is 6. The molecule has 0 atom stereocenters. The van der Waals surface area contributed by atoms with E-state index in [1.165, 1.54) is 53.8 Å². The summed E-state index contributed by atoms with van der Waals surface area (Å²) in [4.78, 5) is 9.99. The summed E-state index contributed by atoms with van der Waals surface area (Å²) in [6, 6.07) is 0. The number of rotatable bonds is 5. The second kappa shape index (κ2) is 9.62. The number of aryl methyl sites for hydroxylation is 1. The SMILES string of the molecule is CCN(CC)c1nc2c(c(C3=CC=C(C)CCN3C)c1-c1nn[nH]n1)CCCCCC2.[HH]. The molecule has 7 nitrogen and oxygen atoms in total. The van der Waals surface area contributed by atoms with Gasteiger partial charge < -0.3 is 9.80 Å². The normalized spacial score (nSPS) is 17.2. The van der Waals surface area contributed by atoms with Crippen LogP contribution in [0.1, 0.15) is 71.1 Å². The lowest BCUT2D eigenvalue weighted by Gasteiger charge is -2.31. The van der Waals surface area contributed by atoms with Gasteiger partial charge in [-0.05, 0) is 69.7 Å². The van der Waals surface area contributed by atoms with Crippen LogP contribution in [-0.2, 0) is 12.8 Å². The van der Waals surface area contributed by atoms with Gasteiger partial charge in [-0.2, -0.15) is 5.21 Å². The molecule has 2 aromatic heterocycles. The molecule has 0 spiro atoms. The molecule has 0 radical (unpaired) electrons. The van der Waals surface area contributed by atoms with Crippen molar-refractivity contribution >= 4 is 11.5 Å². The number of allylic oxidation sites excluding steroid dienone is 2. The van der Waals surface area contributed by atoms with Crippen LogP contribution >= 0.6 is 0 Å². The molecule has 0 fully saturated rings. The minimum Gasteiger partial charge on any atom is -0.374 e. The molecule has 4 rings (SSSR count). The highest BCUT2D eigenvalue weighted by atomic mass is 15.5. The number of H-pyrrole nitrogens is 1. The summed E-state index contributed by atoms with van der Waals surface area (Å²) >= 11 is 0. The lowest BCUT2D eigenvalue weighted by molar-refractivity contribution is 0.485. The van der Waals surface area contributed by atoms with Gasteiger partial charge in [0.1, 0.15) is 5.82 Å². The van der Waals surface area contributed by atoms with Crippen LogP contribution in [0.5, 0.6) is 0 Å². The van der Waals surface area contributed by atoms with Crippen LogP contribution in [0.4, 0.5) is 5.82 Å². The molecule has 31 heavy (non-hydrogen) atoms. The van der Waals surface area contributed by atoms with E-state index >= 15 is 0 Å². The van der Waals surface area contributed by atoms with Crippen LogP contribution in [0, 0.1) is 0 Å². The molecule has 0 amide bonds. The van der Waals surface area contributed by atoms with Gasteiger partial charge in [-0.3, -0.25) is 0 Å². The Bertz CT molecular complexity index is 961. The van der Waals surface area contributed by atoms with Gasteiger partial charge in [-0.25, -0.2) is 4.98 Å². The monoisotopic (exact) mass is 423 g/mol. The van der Waals surface area contributed by atoms with Crippen molar-refractivity contribution < 1.29 is 1.43 Å². The Balaban J connectivity index is 0.00000289. The van der Waals surface area contributed by atoms with E-state index in [4.69, 9.17) is 4.98 Å². The summed E-state index contributed by atoms with van der Waals surface area (Å²) in [6.07, 6.45) is 12.7. The first-order valence-corrected chi connectivity index (χ1v) is 11.8. The van der Waals surface area contributed by atoms with E-state index in [2.05, 4.69) is 70.4 Å². The first-order valence-electron chi connectivity index (χ1n) is 11.8. The highest BCUT2D eigenvalue weighted by Crippen LogP contribution is 2.41. The predicted molar refractivity (Wildman–Crippen MR) is 128 cm³/mol. The lowest BCUT2D eigenvalue weighted by atomic mass is 9.88. The van der Waals surface area contributed by atoms with E-state index in [-0.39, 0.29) is 1.43 Å². The Morgan fingerprint density at radius 1 is 1.03 bits per heavy atom. The van der Waals surface area contributed by atoms with Gasteiger partial charge in [-0.1, -0.05) is 24.5 Å². The molecule has 0 saturated carbocycles. The molecule has 1 N–H and O–H groups in total. The molecule has 0 unspecified atom stereocenters. The molecule has 168 valence electrons. The van der Waals surface area contributed by atoms with Crippen molar-refractivity contribution in [3.63, 3.8) is 0 Å². The number of aromatic amines is 1. The zero-order chi connectivity index (χ0) is 21.8. The number of nitrogens with one attached hydrogen (secondary N) is 1. The van der Waals surface area contributed by atoms with Gasteiger partial charge in [0.25, 0.3) is 0 Å². The van der Waals surface area contributed by atoms with Crippen LogP contribution in [-0.4, -0.2) is 57.2 Å². The van der Waals surface area contributed by atoms with E-state index in [0.29, 0.717) is 5.82 Å². The van der Waals surface area contributed by atoms with E-state index in [0.717, 1.165) is 50.3 Å². The van der Waals surface area contributed by atoms with E-state index in [1.54, 1.807) is 0 Å². The number of hydrogen-bond donors (Lipinski definition) is 1. The maximum absolute atomic E-state index is 5.27. The van der Waals surface area contributed by atoms with E-state index in [1.807, 2.05) is 0 Å². The number of fused-ring (bicyclic) bond motifs is 1. The number of aromatic nitrogens is 5. The van der Waals surface area contributed by atoms with Crippen LogP contribution in [0.25, 0.3) is 17.1 Å². The molecule has 0 aromatic carbocycles. The molecule has 1 aliphatic carbocycles. The first-order chi connectivity index (χ1) is 15.1. The van der Waals surface area contributed by atoms with Crippen molar-refractivity contribution in [3.05, 3.63) is 34.5 Å². The first kappa shape index (κ1) is 21.5. The summed E-state index contributed by atoms with van der Waals surface area (Å²) in [6.45, 7) is 9.36. The fourth-order valence-electron chi connectivity index (χ4n) is 4.77. The highest BCUT2D eigenvalue weighted by molar-refractivity contribution is 5.88. The Morgan fingerprint density at radius 2 is 1.81 bits per heavy atom. The molecule has 1 aliphatic heterocycles. The van der Waals surface area contributed by atoms with Crippen molar-refractivity contribution in [3.8, 4) is 11.4 Å². The standard InChI is InChI=1S/C24H35N7.H2/c1-5-31(6-2)24-22(23-26-28-29-27-23)21(20-14-13-17(3)15-16-30(20)4)18-11-9-7-8-10-12-19(18)25-24;/h13-14H,5-12,15-16H2,1-4H3,(H,26,27,28,29);1H. The maximum Gasteiger partial charge on any atom is 0.209 e. The minimum atomic E-state index is 0. The Labute approximate surface area is 187 Å². The highest BCUT2D eigenvalue weighted by Gasteiger charge is 2.29. The van der Waals surface area contributed by atoms with Crippen molar-refractivity contribution in [1.29, 1.82) is 0 Å². The number of pyridine rings is 1. The Kier molecular flexibility index (Phi) is 6.68. The largest absolute Gasteiger partial charge is 0.374 e. The van der Waals surface area contributed by atoms with Crippen molar-refractivity contribution in [2.24, 2.45) is 0 Å². The summed E-state index contributed by atoms with van der Waals surface area (Å²) in [5, 5.41) is 15.4. The zero-order valence-corrected chi connectivity index (χ0v) is 19.4. The van der Waals surface area contributed by atoms with Crippen molar-refractivity contribution in [1.82, 2.24) is 30.5 Å². The fourth-order valence-corrected chi connectivity index (χ4v) is 4.77. The third-order valence-electron chi connectivity index (χ3n) is 6.62. The van der Waals surface area contributed by atoms with Gasteiger partial charge >= 0.3 is 0 Å². The molecular formula is C24H37N7. The Morgan fingerprint density at radius 3 is 2.52 bits per heavy atom. The molecule has 3 heterocycles. The molecule has 0 saturated heterocycles. The van der Waals surface area contributed by atoms with Crippen LogP contribution < -0.4 is 4.90 Å². The minimum absolute atomic E-state index is 0. The summed E-state index contributed by atoms with van der Waals surface area (Å²) in [7, 11) is 2.20. The quantitative estimate of drug-likeness (QED) is 0.755. The van der Waals surface area contributed by atoms with Gasteiger partial charge in [0, 0.05) is 45.1 Å². The third-order valence-corrected chi connectivity index (χ3v) is 6.62. The molecule has 0 bridgehead atoms. The van der Waals surface area contributed by atoms with Crippen LogP contribution in [0.3, 0.4) is 0 Å². The summed E-state index contributed by atoms with van der Waals surface area (Å²) in [5.74, 6) is 1.62. The molecular weight excluding hydrogens is 386 g/mol. The van der Waals surface area contributed by atoms with Gasteiger partial charge in [0.15, 0.2) is 0 Å². The third kappa shape index (κ3) is 4.36. The maximum atomic E-state index is 5.27. The second-order valence-electron chi connectivity index (χ2n) is 8.67. The average molecular weight is 424 g/mol. The number of tetrazole rings is 1. The zero-order valence-electron chi connectivity index (χ0n) is 19.4. The van der Waals surface area contributed by atoms with Gasteiger partial charge in [-0.15, -0.1) is 10.2 Å². The Hall–Kier alpha value is -2.70. The molecule has 7 heteroatoms. The lowest BCUT2D eigenvalue weighted by Crippen LogP contribution is -2.27. The summed E-state index contributed by atoms with van der Waals surface area (Å²) < 4.78 is 0. The van der Waals surface area contributed by atoms with E-state index < -0.39 is 0 Å². The van der Waals surface area contributed by atoms with Crippen molar-refractivity contribution in [2.75, 3.05) is 31.6 Å². The molecule has 2 aliphatic rings. The van der Waals surface area contributed by atoms with Crippen molar-refractivity contribution in [2.45, 2.75) is 65.7 Å². The van der Waals surface area contributed by atoms with Gasteiger partial charge in [0.2, 0.25) is 5.82 Å². The topological polar surface area (TPSA) is 73.8 Å². The van der Waals surface area contributed by atoms with Crippen LogP contribution in [0.15, 0.2) is 17.7 Å². The predicted octanol–water partition coefficient (Wildman–Crippen LogP) is 4.64.